The molecular formula is C19H24N4O2. The molecule has 6 heteroatoms. The monoisotopic (exact) mass is 340 g/mol. The summed E-state index contributed by atoms with van der Waals surface area (Å²) in [6.07, 6.45) is 1.67. The molecule has 0 spiro atoms. The summed E-state index contributed by atoms with van der Waals surface area (Å²) in [5.41, 5.74) is 2.63. The average Bonchev–Trinajstić information content (AvgIpc) is 2.59. The van der Waals surface area contributed by atoms with E-state index in [0.717, 1.165) is 11.1 Å². The number of urea groups is 1. The Morgan fingerprint density at radius 1 is 1.12 bits per heavy atom. The predicted octanol–water partition coefficient (Wildman–Crippen LogP) is 3.15. The highest BCUT2D eigenvalue weighted by Crippen LogP contribution is 2.11. The van der Waals surface area contributed by atoms with Crippen molar-refractivity contribution in [1.29, 1.82) is 0 Å². The maximum atomic E-state index is 12.4. The summed E-state index contributed by atoms with van der Waals surface area (Å²) >= 11 is 0. The molecule has 0 aliphatic carbocycles. The molecule has 0 radical (unpaired) electrons. The molecule has 0 aliphatic heterocycles. The zero-order valence-electron chi connectivity index (χ0n) is 15.1. The van der Waals surface area contributed by atoms with Gasteiger partial charge >= 0.3 is 6.03 Å². The summed E-state index contributed by atoms with van der Waals surface area (Å²) < 4.78 is 0. The van der Waals surface area contributed by atoms with Crippen molar-refractivity contribution in [3.05, 3.63) is 59.3 Å². The van der Waals surface area contributed by atoms with Crippen molar-refractivity contribution in [3.8, 4) is 0 Å². The lowest BCUT2D eigenvalue weighted by atomic mass is 10.1. The number of anilines is 1. The number of aryl methyl sites for hydroxylation is 1. The molecule has 0 aliphatic rings. The molecule has 3 amide bonds. The van der Waals surface area contributed by atoms with E-state index in [1.54, 1.807) is 37.3 Å². The number of hydrogen-bond acceptors (Lipinski definition) is 3. The Kier molecular flexibility index (Phi) is 6.11. The van der Waals surface area contributed by atoms with Gasteiger partial charge in [-0.2, -0.15) is 0 Å². The first kappa shape index (κ1) is 18.4. The van der Waals surface area contributed by atoms with Gasteiger partial charge in [-0.05, 0) is 49.2 Å². The second-order valence-corrected chi connectivity index (χ2v) is 6.06. The van der Waals surface area contributed by atoms with Crippen molar-refractivity contribution in [3.63, 3.8) is 0 Å². The fraction of sp³-hybridized carbons (Fsp3) is 0.316. The topological polar surface area (TPSA) is 65.5 Å². The third-order valence-corrected chi connectivity index (χ3v) is 3.80. The van der Waals surface area contributed by atoms with Gasteiger partial charge in [-0.1, -0.05) is 12.1 Å². The molecule has 0 fully saturated rings. The first-order valence-electron chi connectivity index (χ1n) is 8.20. The Hall–Kier alpha value is -2.89. The van der Waals surface area contributed by atoms with Gasteiger partial charge in [0.05, 0.1) is 0 Å². The highest BCUT2D eigenvalue weighted by atomic mass is 16.2. The van der Waals surface area contributed by atoms with Gasteiger partial charge in [0.2, 0.25) is 0 Å². The number of carbonyl (C=O) groups excluding carboxylic acids is 2. The van der Waals surface area contributed by atoms with Crippen LogP contribution < -0.4 is 5.32 Å². The molecule has 0 saturated heterocycles. The number of nitrogens with one attached hydrogen (secondary N) is 1. The lowest BCUT2D eigenvalue weighted by molar-refractivity contribution is 0.0827. The molecule has 1 heterocycles. The second-order valence-electron chi connectivity index (χ2n) is 6.06. The Balaban J connectivity index is 2.03. The first-order valence-corrected chi connectivity index (χ1v) is 8.20. The number of rotatable bonds is 5. The molecule has 2 aromatic rings. The average molecular weight is 340 g/mol. The van der Waals surface area contributed by atoms with Crippen LogP contribution in [-0.4, -0.2) is 47.4 Å². The number of amides is 3. The van der Waals surface area contributed by atoms with Gasteiger partial charge in [-0.25, -0.2) is 9.78 Å². The smallest absolute Gasteiger partial charge is 0.323 e. The zero-order chi connectivity index (χ0) is 18.4. The number of carbonyl (C=O) groups is 2. The van der Waals surface area contributed by atoms with Gasteiger partial charge in [0.25, 0.3) is 5.91 Å². The number of nitrogens with zero attached hydrogens (tertiary/aromatic N) is 3. The Morgan fingerprint density at radius 2 is 1.80 bits per heavy atom. The molecule has 25 heavy (non-hydrogen) atoms. The lowest BCUT2D eigenvalue weighted by Gasteiger charge is -2.21. The van der Waals surface area contributed by atoms with E-state index in [0.29, 0.717) is 24.5 Å². The summed E-state index contributed by atoms with van der Waals surface area (Å²) in [6, 6.07) is 10.8. The Morgan fingerprint density at radius 3 is 2.36 bits per heavy atom. The van der Waals surface area contributed by atoms with E-state index in [4.69, 9.17) is 0 Å². The largest absolute Gasteiger partial charge is 0.345 e. The minimum absolute atomic E-state index is 0.0397. The highest BCUT2D eigenvalue weighted by molar-refractivity contribution is 5.93. The van der Waals surface area contributed by atoms with Crippen LogP contribution in [0.15, 0.2) is 42.6 Å². The molecule has 132 valence electrons. The lowest BCUT2D eigenvalue weighted by Crippen LogP contribution is -2.34. The number of pyridine rings is 1. The number of hydrogen-bond donors (Lipinski definition) is 1. The summed E-state index contributed by atoms with van der Waals surface area (Å²) in [4.78, 5) is 31.7. The SMILES string of the molecule is CCN(Cc1ccc(C(=O)N(C)C)cc1)C(=O)Nc1cc(C)ccn1. The van der Waals surface area contributed by atoms with Crippen LogP contribution in [0.2, 0.25) is 0 Å². The van der Waals surface area contributed by atoms with Crippen molar-refractivity contribution < 1.29 is 9.59 Å². The molecule has 0 atom stereocenters. The fourth-order valence-corrected chi connectivity index (χ4v) is 2.35. The van der Waals surface area contributed by atoms with Crippen LogP contribution in [0.3, 0.4) is 0 Å². The Bertz CT molecular complexity index is 741. The third-order valence-electron chi connectivity index (χ3n) is 3.80. The van der Waals surface area contributed by atoms with Gasteiger partial charge in [0.1, 0.15) is 5.82 Å². The van der Waals surface area contributed by atoms with E-state index < -0.39 is 0 Å². The second kappa shape index (κ2) is 8.28. The molecular weight excluding hydrogens is 316 g/mol. The maximum absolute atomic E-state index is 12.4. The van der Waals surface area contributed by atoms with Gasteiger partial charge in [-0.3, -0.25) is 10.1 Å². The molecule has 1 aromatic heterocycles. The standard InChI is InChI=1S/C19H24N4O2/c1-5-23(19(25)21-17-12-14(2)10-11-20-17)13-15-6-8-16(9-7-15)18(24)22(3)4/h6-12H,5,13H2,1-4H3,(H,20,21,25). The number of benzene rings is 1. The summed E-state index contributed by atoms with van der Waals surface area (Å²) in [7, 11) is 3.44. The molecule has 1 N–H and O–H groups in total. The molecule has 0 saturated carbocycles. The van der Waals surface area contributed by atoms with Crippen molar-refractivity contribution in [1.82, 2.24) is 14.8 Å². The van der Waals surface area contributed by atoms with Crippen molar-refractivity contribution in [2.75, 3.05) is 26.0 Å². The first-order chi connectivity index (χ1) is 11.9. The summed E-state index contributed by atoms with van der Waals surface area (Å²) in [5, 5.41) is 2.81. The quantitative estimate of drug-likeness (QED) is 0.909. The third kappa shape index (κ3) is 5.04. The molecule has 0 bridgehead atoms. The minimum atomic E-state index is -0.200. The van der Waals surface area contributed by atoms with E-state index in [1.165, 1.54) is 4.90 Å². The van der Waals surface area contributed by atoms with Gasteiger partial charge in [-0.15, -0.1) is 0 Å². The molecule has 0 unspecified atom stereocenters. The van der Waals surface area contributed by atoms with E-state index in [-0.39, 0.29) is 11.9 Å². The van der Waals surface area contributed by atoms with Gasteiger partial charge < -0.3 is 9.80 Å². The van der Waals surface area contributed by atoms with Crippen LogP contribution in [-0.2, 0) is 6.54 Å². The maximum Gasteiger partial charge on any atom is 0.323 e. The van der Waals surface area contributed by atoms with Crippen LogP contribution >= 0.6 is 0 Å². The van der Waals surface area contributed by atoms with Crippen LogP contribution in [0.5, 0.6) is 0 Å². The van der Waals surface area contributed by atoms with E-state index in [2.05, 4.69) is 10.3 Å². The molecule has 2 rings (SSSR count). The summed E-state index contributed by atoms with van der Waals surface area (Å²) in [5.74, 6) is 0.498. The van der Waals surface area contributed by atoms with E-state index in [1.807, 2.05) is 38.1 Å². The van der Waals surface area contributed by atoms with Gasteiger partial charge in [0, 0.05) is 38.9 Å². The highest BCUT2D eigenvalue weighted by Gasteiger charge is 2.14. The van der Waals surface area contributed by atoms with E-state index in [9.17, 15) is 9.59 Å². The van der Waals surface area contributed by atoms with E-state index >= 15 is 0 Å². The molecule has 1 aromatic carbocycles. The zero-order valence-corrected chi connectivity index (χ0v) is 15.1. The van der Waals surface area contributed by atoms with Crippen LogP contribution in [0, 0.1) is 6.92 Å². The Labute approximate surface area is 148 Å². The summed E-state index contributed by atoms with van der Waals surface area (Å²) in [6.45, 7) is 4.90. The molecule has 6 nitrogen and oxygen atoms in total. The van der Waals surface area contributed by atoms with Crippen molar-refractivity contribution in [2.24, 2.45) is 0 Å². The minimum Gasteiger partial charge on any atom is -0.345 e. The normalized spacial score (nSPS) is 10.2. The van der Waals surface area contributed by atoms with Gasteiger partial charge in [0.15, 0.2) is 0 Å². The van der Waals surface area contributed by atoms with Crippen LogP contribution in [0.1, 0.15) is 28.4 Å². The van der Waals surface area contributed by atoms with Crippen LogP contribution in [0.25, 0.3) is 0 Å². The predicted molar refractivity (Wildman–Crippen MR) is 98.5 cm³/mol. The fourth-order valence-electron chi connectivity index (χ4n) is 2.35. The van der Waals surface area contributed by atoms with Crippen LogP contribution in [0.4, 0.5) is 10.6 Å². The van der Waals surface area contributed by atoms with Crippen molar-refractivity contribution >= 4 is 17.8 Å². The van der Waals surface area contributed by atoms with Crippen molar-refractivity contribution in [2.45, 2.75) is 20.4 Å². The number of aromatic nitrogens is 1.